The van der Waals surface area contributed by atoms with Gasteiger partial charge >= 0.3 is 5.97 Å². The zero-order valence-corrected chi connectivity index (χ0v) is 16.9. The Bertz CT molecular complexity index is 818. The zero-order chi connectivity index (χ0) is 18.7. The molecule has 2 aromatic carbocycles. The van der Waals surface area contributed by atoms with E-state index in [1.807, 2.05) is 18.2 Å². The summed E-state index contributed by atoms with van der Waals surface area (Å²) in [7, 11) is 0. The van der Waals surface area contributed by atoms with Gasteiger partial charge in [-0.1, -0.05) is 53.8 Å². The summed E-state index contributed by atoms with van der Waals surface area (Å²) in [4.78, 5) is 25.7. The Morgan fingerprint density at radius 1 is 1.23 bits per heavy atom. The van der Waals surface area contributed by atoms with Crippen molar-refractivity contribution >= 4 is 40.0 Å². The van der Waals surface area contributed by atoms with Crippen LogP contribution in [0.25, 0.3) is 0 Å². The molecular weight excluding hydrogens is 441 g/mol. The summed E-state index contributed by atoms with van der Waals surface area (Å²) in [6.45, 7) is 2.09. The van der Waals surface area contributed by atoms with Crippen molar-refractivity contribution < 1.29 is 14.3 Å². The lowest BCUT2D eigenvalue weighted by atomic mass is 9.79. The molecule has 136 valence electrons. The van der Waals surface area contributed by atoms with Crippen LogP contribution in [0.1, 0.15) is 47.7 Å². The standard InChI is InChI=1S/C21H22INO3/c1-2-14-6-3-4-7-17(14)21(22)13-5-8-18(19(21)24)26-20(25)15-9-11-16(23)12-10-15/h3-4,6-7,9-12,18H,2,5,8,13,23H2,1H3/t18-,21-/m1/s1. The predicted octanol–water partition coefficient (Wildman–Crippen LogP) is 4.44. The number of carbonyl (C=O) groups is 2. The van der Waals surface area contributed by atoms with E-state index in [1.54, 1.807) is 24.3 Å². The van der Waals surface area contributed by atoms with Crippen molar-refractivity contribution in [3.8, 4) is 0 Å². The minimum atomic E-state index is -0.712. The summed E-state index contributed by atoms with van der Waals surface area (Å²) in [5, 5.41) is 0. The Morgan fingerprint density at radius 3 is 2.62 bits per heavy atom. The number of ketones is 1. The molecule has 2 aromatic rings. The van der Waals surface area contributed by atoms with Crippen molar-refractivity contribution in [1.29, 1.82) is 0 Å². The topological polar surface area (TPSA) is 69.4 Å². The molecule has 0 radical (unpaired) electrons. The Hall–Kier alpha value is -1.89. The van der Waals surface area contributed by atoms with Crippen molar-refractivity contribution in [1.82, 2.24) is 0 Å². The number of aryl methyl sites for hydroxylation is 1. The minimum Gasteiger partial charge on any atom is -0.451 e. The summed E-state index contributed by atoms with van der Waals surface area (Å²) in [6.07, 6.45) is 2.32. The average molecular weight is 463 g/mol. The molecule has 1 saturated carbocycles. The van der Waals surface area contributed by atoms with Crippen molar-refractivity contribution in [2.24, 2.45) is 0 Å². The van der Waals surface area contributed by atoms with Crippen LogP contribution >= 0.6 is 22.6 Å². The second-order valence-electron chi connectivity index (χ2n) is 6.58. The third kappa shape index (κ3) is 3.63. The van der Waals surface area contributed by atoms with Gasteiger partial charge in [0.2, 0.25) is 0 Å². The van der Waals surface area contributed by atoms with E-state index in [9.17, 15) is 9.59 Å². The van der Waals surface area contributed by atoms with Gasteiger partial charge in [-0.2, -0.15) is 0 Å². The number of carbonyl (C=O) groups excluding carboxylic acids is 2. The summed E-state index contributed by atoms with van der Waals surface area (Å²) in [5.74, 6) is -0.498. The number of alkyl halides is 1. The molecule has 4 nitrogen and oxygen atoms in total. The summed E-state index contributed by atoms with van der Waals surface area (Å²) < 4.78 is 4.94. The predicted molar refractivity (Wildman–Crippen MR) is 110 cm³/mol. The fourth-order valence-electron chi connectivity index (χ4n) is 3.45. The number of ether oxygens (including phenoxy) is 1. The molecular formula is C21H22INO3. The molecule has 0 bridgehead atoms. The molecule has 0 aliphatic heterocycles. The van der Waals surface area contributed by atoms with E-state index >= 15 is 0 Å². The lowest BCUT2D eigenvalue weighted by molar-refractivity contribution is -0.132. The number of hydrogen-bond acceptors (Lipinski definition) is 4. The van der Waals surface area contributed by atoms with Gasteiger partial charge in [0.05, 0.1) is 5.56 Å². The first-order valence-corrected chi connectivity index (χ1v) is 9.91. The van der Waals surface area contributed by atoms with E-state index < -0.39 is 15.5 Å². The molecule has 2 atom stereocenters. The number of benzene rings is 2. The van der Waals surface area contributed by atoms with Gasteiger partial charge < -0.3 is 10.5 Å². The summed E-state index contributed by atoms with van der Waals surface area (Å²) >= 11 is 2.25. The van der Waals surface area contributed by atoms with Crippen LogP contribution in [0.15, 0.2) is 48.5 Å². The quantitative estimate of drug-likeness (QED) is 0.315. The van der Waals surface area contributed by atoms with Gasteiger partial charge in [0.1, 0.15) is 3.42 Å². The van der Waals surface area contributed by atoms with E-state index in [4.69, 9.17) is 10.5 Å². The summed E-state index contributed by atoms with van der Waals surface area (Å²) in [5.41, 5.74) is 8.85. The first-order chi connectivity index (χ1) is 12.5. The molecule has 1 aliphatic rings. The maximum absolute atomic E-state index is 13.2. The van der Waals surface area contributed by atoms with Crippen LogP contribution in [-0.2, 0) is 19.4 Å². The van der Waals surface area contributed by atoms with Gasteiger partial charge in [-0.25, -0.2) is 4.79 Å². The number of hydrogen-bond donors (Lipinski definition) is 1. The molecule has 1 aliphatic carbocycles. The molecule has 0 aromatic heterocycles. The molecule has 3 rings (SSSR count). The van der Waals surface area contributed by atoms with Crippen LogP contribution in [0.4, 0.5) is 5.69 Å². The SMILES string of the molecule is CCc1ccccc1[C@]1(I)CCC[C@@H](OC(=O)c2ccc(N)cc2)C1=O. The van der Waals surface area contributed by atoms with Crippen molar-refractivity contribution in [3.05, 3.63) is 65.2 Å². The van der Waals surface area contributed by atoms with E-state index in [0.717, 1.165) is 24.8 Å². The fraction of sp³-hybridized carbons (Fsp3) is 0.333. The number of anilines is 1. The van der Waals surface area contributed by atoms with Gasteiger partial charge in [-0.05, 0) is 61.1 Å². The number of nitrogen functional groups attached to an aromatic ring is 1. The molecule has 0 saturated heterocycles. The highest BCUT2D eigenvalue weighted by Gasteiger charge is 2.46. The number of esters is 1. The van der Waals surface area contributed by atoms with E-state index in [1.165, 1.54) is 5.56 Å². The van der Waals surface area contributed by atoms with Crippen LogP contribution in [-0.4, -0.2) is 17.9 Å². The minimum absolute atomic E-state index is 0.0194. The van der Waals surface area contributed by atoms with E-state index in [-0.39, 0.29) is 5.78 Å². The molecule has 0 amide bonds. The molecule has 0 unspecified atom stereocenters. The monoisotopic (exact) mass is 463 g/mol. The van der Waals surface area contributed by atoms with Gasteiger partial charge in [0.15, 0.2) is 11.9 Å². The molecule has 0 heterocycles. The maximum atomic E-state index is 13.2. The largest absolute Gasteiger partial charge is 0.451 e. The van der Waals surface area contributed by atoms with Crippen LogP contribution in [0.5, 0.6) is 0 Å². The van der Waals surface area contributed by atoms with Crippen molar-refractivity contribution in [2.45, 2.75) is 42.1 Å². The number of nitrogens with two attached hydrogens (primary N) is 1. The van der Waals surface area contributed by atoms with Crippen LogP contribution in [0.3, 0.4) is 0 Å². The maximum Gasteiger partial charge on any atom is 0.338 e. The van der Waals surface area contributed by atoms with E-state index in [2.05, 4.69) is 35.6 Å². The zero-order valence-electron chi connectivity index (χ0n) is 14.7. The molecule has 26 heavy (non-hydrogen) atoms. The highest BCUT2D eigenvalue weighted by atomic mass is 127. The number of rotatable bonds is 4. The Labute approximate surface area is 167 Å². The van der Waals surface area contributed by atoms with Gasteiger partial charge in [0.25, 0.3) is 0 Å². The first-order valence-electron chi connectivity index (χ1n) is 8.84. The van der Waals surface area contributed by atoms with Gasteiger partial charge in [0, 0.05) is 5.69 Å². The summed E-state index contributed by atoms with van der Waals surface area (Å²) in [6, 6.07) is 14.6. The second-order valence-corrected chi connectivity index (χ2v) is 8.43. The molecule has 1 fully saturated rings. The fourth-order valence-corrected chi connectivity index (χ4v) is 4.71. The van der Waals surface area contributed by atoms with Crippen LogP contribution in [0, 0.1) is 0 Å². The van der Waals surface area contributed by atoms with Gasteiger partial charge in [-0.15, -0.1) is 0 Å². The van der Waals surface area contributed by atoms with Crippen LogP contribution < -0.4 is 5.73 Å². The molecule has 0 spiro atoms. The Kier molecular flexibility index (Phi) is 5.65. The Balaban J connectivity index is 1.83. The highest BCUT2D eigenvalue weighted by molar-refractivity contribution is 14.1. The first kappa shape index (κ1) is 18.9. The smallest absolute Gasteiger partial charge is 0.338 e. The van der Waals surface area contributed by atoms with Crippen molar-refractivity contribution in [3.63, 3.8) is 0 Å². The third-order valence-electron chi connectivity index (χ3n) is 4.89. The average Bonchev–Trinajstić information content (AvgIpc) is 2.66. The number of halogens is 1. The molecule has 2 N–H and O–H groups in total. The molecule has 5 heteroatoms. The van der Waals surface area contributed by atoms with Gasteiger partial charge in [-0.3, -0.25) is 4.79 Å². The Morgan fingerprint density at radius 2 is 1.92 bits per heavy atom. The third-order valence-corrected chi connectivity index (χ3v) is 6.54. The lowest BCUT2D eigenvalue weighted by Gasteiger charge is -2.36. The second kappa shape index (κ2) is 7.78. The van der Waals surface area contributed by atoms with Crippen molar-refractivity contribution in [2.75, 3.05) is 5.73 Å². The van der Waals surface area contributed by atoms with Crippen LogP contribution in [0.2, 0.25) is 0 Å². The lowest BCUT2D eigenvalue weighted by Crippen LogP contribution is -2.44. The normalized spacial score (nSPS) is 22.8. The highest BCUT2D eigenvalue weighted by Crippen LogP contribution is 2.45. The van der Waals surface area contributed by atoms with E-state index in [0.29, 0.717) is 17.7 Å². The number of Topliss-reactive ketones (excluding diaryl/α,β-unsaturated/α-hetero) is 1.